The van der Waals surface area contributed by atoms with Crippen molar-refractivity contribution >= 4 is 5.91 Å². The first-order valence-electron chi connectivity index (χ1n) is 6.39. The van der Waals surface area contributed by atoms with Crippen molar-refractivity contribution in [2.24, 2.45) is 11.8 Å². The maximum atomic E-state index is 12.1. The van der Waals surface area contributed by atoms with Gasteiger partial charge in [0.05, 0.1) is 12.1 Å². The van der Waals surface area contributed by atoms with Crippen molar-refractivity contribution in [2.75, 3.05) is 6.61 Å². The van der Waals surface area contributed by atoms with Crippen LogP contribution in [0.5, 0.6) is 0 Å². The average Bonchev–Trinajstić information content (AvgIpc) is 2.38. The van der Waals surface area contributed by atoms with E-state index in [0.717, 1.165) is 5.56 Å². The Balaban J connectivity index is 2.87. The van der Waals surface area contributed by atoms with E-state index in [4.69, 9.17) is 0 Å². The van der Waals surface area contributed by atoms with E-state index in [-0.39, 0.29) is 24.3 Å². The van der Waals surface area contributed by atoms with Crippen molar-refractivity contribution in [3.8, 4) is 0 Å². The molecule has 100 valence electrons. The van der Waals surface area contributed by atoms with E-state index in [1.54, 1.807) is 0 Å². The summed E-state index contributed by atoms with van der Waals surface area (Å²) in [6, 6.07) is 9.55. The molecule has 0 fully saturated rings. The van der Waals surface area contributed by atoms with E-state index in [1.165, 1.54) is 0 Å². The number of nitrogens with one attached hydrogen (secondary N) is 1. The van der Waals surface area contributed by atoms with E-state index in [1.807, 2.05) is 58.0 Å². The summed E-state index contributed by atoms with van der Waals surface area (Å²) in [6.45, 7) is 7.66. The summed E-state index contributed by atoms with van der Waals surface area (Å²) in [5, 5.41) is 12.5. The third-order valence-electron chi connectivity index (χ3n) is 3.54. The lowest BCUT2D eigenvalue weighted by atomic mass is 9.90. The van der Waals surface area contributed by atoms with Gasteiger partial charge in [0.2, 0.25) is 5.91 Å². The third-order valence-corrected chi connectivity index (χ3v) is 3.54. The SMILES string of the molecule is CC(C)C(C)C(=O)NC(C)(CO)c1ccccc1. The van der Waals surface area contributed by atoms with Crippen molar-refractivity contribution in [1.29, 1.82) is 0 Å². The number of amides is 1. The molecule has 1 amide bonds. The summed E-state index contributed by atoms with van der Waals surface area (Å²) < 4.78 is 0. The molecule has 0 spiro atoms. The van der Waals surface area contributed by atoms with Crippen LogP contribution in [0.4, 0.5) is 0 Å². The molecular weight excluding hydrogens is 226 g/mol. The standard InChI is InChI=1S/C15H23NO2/c1-11(2)12(3)14(18)16-15(4,10-17)13-8-6-5-7-9-13/h5-9,11-12,17H,10H2,1-4H3,(H,16,18). The number of hydrogen-bond donors (Lipinski definition) is 2. The van der Waals surface area contributed by atoms with Crippen molar-refractivity contribution in [3.05, 3.63) is 35.9 Å². The molecule has 1 aromatic carbocycles. The highest BCUT2D eigenvalue weighted by Gasteiger charge is 2.30. The van der Waals surface area contributed by atoms with Crippen LogP contribution >= 0.6 is 0 Å². The molecule has 0 aliphatic heterocycles. The van der Waals surface area contributed by atoms with Crippen LogP contribution in [-0.2, 0) is 10.3 Å². The van der Waals surface area contributed by atoms with E-state index in [0.29, 0.717) is 0 Å². The molecule has 0 saturated carbocycles. The van der Waals surface area contributed by atoms with Crippen molar-refractivity contribution in [3.63, 3.8) is 0 Å². The predicted molar refractivity (Wildman–Crippen MR) is 73.0 cm³/mol. The zero-order valence-electron chi connectivity index (χ0n) is 11.6. The van der Waals surface area contributed by atoms with Crippen LogP contribution in [0.25, 0.3) is 0 Å². The third kappa shape index (κ3) is 3.33. The molecule has 2 unspecified atom stereocenters. The second-order valence-electron chi connectivity index (χ2n) is 5.38. The van der Waals surface area contributed by atoms with E-state index < -0.39 is 5.54 Å². The minimum absolute atomic E-state index is 0.0228. The topological polar surface area (TPSA) is 49.3 Å². The summed E-state index contributed by atoms with van der Waals surface area (Å²) in [5.41, 5.74) is 0.193. The van der Waals surface area contributed by atoms with Crippen LogP contribution < -0.4 is 5.32 Å². The summed E-state index contributed by atoms with van der Waals surface area (Å²) in [4.78, 5) is 12.1. The summed E-state index contributed by atoms with van der Waals surface area (Å²) in [6.07, 6.45) is 0. The number of hydrogen-bond acceptors (Lipinski definition) is 2. The molecule has 0 aliphatic rings. The van der Waals surface area contributed by atoms with Gasteiger partial charge in [0, 0.05) is 5.92 Å². The molecule has 3 heteroatoms. The van der Waals surface area contributed by atoms with Gasteiger partial charge in [-0.2, -0.15) is 0 Å². The zero-order valence-corrected chi connectivity index (χ0v) is 11.6. The van der Waals surface area contributed by atoms with Gasteiger partial charge in [-0.15, -0.1) is 0 Å². The lowest BCUT2D eigenvalue weighted by molar-refractivity contribution is -0.128. The maximum absolute atomic E-state index is 12.1. The lowest BCUT2D eigenvalue weighted by Gasteiger charge is -2.31. The summed E-state index contributed by atoms with van der Waals surface area (Å²) in [7, 11) is 0. The summed E-state index contributed by atoms with van der Waals surface area (Å²) in [5.74, 6) is 0.189. The minimum Gasteiger partial charge on any atom is -0.394 e. The Morgan fingerprint density at radius 3 is 2.28 bits per heavy atom. The molecule has 1 aromatic rings. The Labute approximate surface area is 109 Å². The Bertz CT molecular complexity index is 389. The highest BCUT2D eigenvalue weighted by Crippen LogP contribution is 2.21. The molecule has 0 bridgehead atoms. The molecular formula is C15H23NO2. The van der Waals surface area contributed by atoms with Crippen molar-refractivity contribution in [1.82, 2.24) is 5.32 Å². The molecule has 2 atom stereocenters. The number of carbonyl (C=O) groups is 1. The molecule has 3 nitrogen and oxygen atoms in total. The average molecular weight is 249 g/mol. The molecule has 0 aliphatic carbocycles. The second kappa shape index (κ2) is 6.01. The fourth-order valence-electron chi connectivity index (χ4n) is 1.70. The highest BCUT2D eigenvalue weighted by atomic mass is 16.3. The van der Waals surface area contributed by atoms with E-state index in [9.17, 15) is 9.90 Å². The number of carbonyl (C=O) groups excluding carboxylic acids is 1. The zero-order chi connectivity index (χ0) is 13.8. The van der Waals surface area contributed by atoms with Gasteiger partial charge in [-0.25, -0.2) is 0 Å². The highest BCUT2D eigenvalue weighted by molar-refractivity contribution is 5.79. The summed E-state index contributed by atoms with van der Waals surface area (Å²) >= 11 is 0. The predicted octanol–water partition coefficient (Wildman–Crippen LogP) is 2.30. The van der Waals surface area contributed by atoms with Crippen molar-refractivity contribution in [2.45, 2.75) is 33.2 Å². The van der Waals surface area contributed by atoms with Crippen LogP contribution in [-0.4, -0.2) is 17.6 Å². The number of rotatable bonds is 5. The first-order valence-corrected chi connectivity index (χ1v) is 6.39. The lowest BCUT2D eigenvalue weighted by Crippen LogP contribution is -2.48. The van der Waals surface area contributed by atoms with Gasteiger partial charge in [-0.1, -0.05) is 51.1 Å². The van der Waals surface area contributed by atoms with Gasteiger partial charge in [-0.05, 0) is 18.4 Å². The normalized spacial score (nSPS) is 16.1. The van der Waals surface area contributed by atoms with Gasteiger partial charge in [0.25, 0.3) is 0 Å². The second-order valence-corrected chi connectivity index (χ2v) is 5.38. The van der Waals surface area contributed by atoms with E-state index >= 15 is 0 Å². The molecule has 2 N–H and O–H groups in total. The van der Waals surface area contributed by atoms with Crippen LogP contribution in [0.15, 0.2) is 30.3 Å². The Morgan fingerprint density at radius 2 is 1.83 bits per heavy atom. The van der Waals surface area contributed by atoms with Crippen LogP contribution in [0.2, 0.25) is 0 Å². The molecule has 0 saturated heterocycles. The number of aliphatic hydroxyl groups is 1. The van der Waals surface area contributed by atoms with Gasteiger partial charge < -0.3 is 10.4 Å². The van der Waals surface area contributed by atoms with Crippen LogP contribution in [0.1, 0.15) is 33.3 Å². The maximum Gasteiger partial charge on any atom is 0.223 e. The smallest absolute Gasteiger partial charge is 0.223 e. The van der Waals surface area contributed by atoms with E-state index in [2.05, 4.69) is 5.32 Å². The Kier molecular flexibility index (Phi) is 4.91. The Morgan fingerprint density at radius 1 is 1.28 bits per heavy atom. The molecule has 1 rings (SSSR count). The quantitative estimate of drug-likeness (QED) is 0.841. The molecule has 0 aromatic heterocycles. The largest absolute Gasteiger partial charge is 0.394 e. The molecule has 0 heterocycles. The van der Waals surface area contributed by atoms with Gasteiger partial charge in [0.15, 0.2) is 0 Å². The van der Waals surface area contributed by atoms with Gasteiger partial charge in [0.1, 0.15) is 0 Å². The fraction of sp³-hybridized carbons (Fsp3) is 0.533. The minimum atomic E-state index is -0.721. The molecule has 18 heavy (non-hydrogen) atoms. The first-order chi connectivity index (χ1) is 8.40. The van der Waals surface area contributed by atoms with Crippen molar-refractivity contribution < 1.29 is 9.90 Å². The first kappa shape index (κ1) is 14.7. The van der Waals surface area contributed by atoms with Crippen LogP contribution in [0.3, 0.4) is 0 Å². The number of aliphatic hydroxyl groups excluding tert-OH is 1. The van der Waals surface area contributed by atoms with Gasteiger partial charge >= 0.3 is 0 Å². The monoisotopic (exact) mass is 249 g/mol. The molecule has 0 radical (unpaired) electrons. The van der Waals surface area contributed by atoms with Crippen LogP contribution in [0, 0.1) is 11.8 Å². The Hall–Kier alpha value is -1.35. The fourth-order valence-corrected chi connectivity index (χ4v) is 1.70. The number of benzene rings is 1. The van der Waals surface area contributed by atoms with Gasteiger partial charge in [-0.3, -0.25) is 4.79 Å².